The smallest absolute Gasteiger partial charge is 0.319 e. The van der Waals surface area contributed by atoms with E-state index in [0.717, 1.165) is 148 Å². The quantitative estimate of drug-likeness (QED) is 0.126. The predicted molar refractivity (Wildman–Crippen MR) is 268 cm³/mol. The average Bonchev–Trinajstić information content (AvgIpc) is 3.92. The first-order chi connectivity index (χ1) is 34.6. The van der Waals surface area contributed by atoms with E-state index in [9.17, 15) is 24.0 Å². The van der Waals surface area contributed by atoms with Gasteiger partial charge < -0.3 is 30.1 Å². The van der Waals surface area contributed by atoms with Crippen LogP contribution in [0.5, 0.6) is 11.5 Å². The minimum absolute atomic E-state index is 0.0998. The van der Waals surface area contributed by atoms with Crippen LogP contribution in [0.2, 0.25) is 0 Å². The number of carbonyl (C=O) groups excluding carboxylic acids is 5. The summed E-state index contributed by atoms with van der Waals surface area (Å²) >= 11 is 0. The number of likely N-dealkylation sites (tertiary alicyclic amines) is 3. The Morgan fingerprint density at radius 2 is 1.31 bits per heavy atom. The van der Waals surface area contributed by atoms with Gasteiger partial charge in [0.15, 0.2) is 5.65 Å². The number of fused-ring (bicyclic) bond motifs is 2. The summed E-state index contributed by atoms with van der Waals surface area (Å²) in [5, 5.41) is 8.17. The largest absolute Gasteiger partial charge is 0.457 e. The van der Waals surface area contributed by atoms with E-state index in [1.54, 1.807) is 12.1 Å². The van der Waals surface area contributed by atoms with Crippen molar-refractivity contribution in [2.75, 3.05) is 63.0 Å². The fourth-order valence-electron chi connectivity index (χ4n) is 12.1. The van der Waals surface area contributed by atoms with Gasteiger partial charge in [-0.15, -0.1) is 0 Å². The fourth-order valence-corrected chi connectivity index (χ4v) is 12.1. The molecule has 5 fully saturated rings. The summed E-state index contributed by atoms with van der Waals surface area (Å²) in [6.07, 6.45) is 13.6. The Kier molecular flexibility index (Phi) is 13.2. The predicted octanol–water partition coefficient (Wildman–Crippen LogP) is 7.29. The van der Waals surface area contributed by atoms with Crippen molar-refractivity contribution in [3.63, 3.8) is 0 Å². The number of aromatic nitrogens is 4. The van der Waals surface area contributed by atoms with Crippen LogP contribution in [0, 0.1) is 11.8 Å². The van der Waals surface area contributed by atoms with E-state index in [4.69, 9.17) is 15.6 Å². The standard InChI is InChI=1S/C54H63N11O6/c55-49-47-48(37-9-12-42(13-10-37)71-41-7-2-1-3-8-41)59-65(50(47)57-34-56-49)39-23-29-60(30-24-39)38-21-31-63(32-22-38)54(70)62-27-19-36(20-28-62)6-4-5-35-17-25-61(26-18-35)40-11-14-43-44(33-40)53(69)64(52(43)68)45-15-16-46(66)58-51(45)67/h1-3,7-14,33-36,38-39,45H,4-6,15-32H2,(H2,55,56,57)(H,58,66,67). The first-order valence-electron chi connectivity index (χ1n) is 25.9. The van der Waals surface area contributed by atoms with Gasteiger partial charge in [0.2, 0.25) is 11.8 Å². The van der Waals surface area contributed by atoms with Crippen molar-refractivity contribution in [2.24, 2.45) is 11.8 Å². The Balaban J connectivity index is 0.593. The number of hydrogen-bond donors (Lipinski definition) is 2. The number of rotatable bonds is 11. The molecule has 6 aliphatic heterocycles. The van der Waals surface area contributed by atoms with Gasteiger partial charge in [0.05, 0.1) is 22.6 Å². The normalized spacial score (nSPS) is 21.3. The van der Waals surface area contributed by atoms with Gasteiger partial charge in [0.1, 0.15) is 35.4 Å². The van der Waals surface area contributed by atoms with Gasteiger partial charge in [-0.3, -0.25) is 29.4 Å². The zero-order valence-electron chi connectivity index (χ0n) is 40.3. The monoisotopic (exact) mass is 961 g/mol. The molecule has 11 rings (SSSR count). The Hall–Kier alpha value is -6.88. The van der Waals surface area contributed by atoms with Gasteiger partial charge in [-0.1, -0.05) is 37.5 Å². The van der Waals surface area contributed by atoms with E-state index < -0.39 is 23.8 Å². The lowest BCUT2D eigenvalue weighted by Crippen LogP contribution is -2.54. The van der Waals surface area contributed by atoms with Crippen LogP contribution >= 0.6 is 0 Å². The third-order valence-electron chi connectivity index (χ3n) is 16.2. The van der Waals surface area contributed by atoms with Crippen LogP contribution in [0.25, 0.3) is 22.3 Å². The first kappa shape index (κ1) is 46.5. The van der Waals surface area contributed by atoms with Gasteiger partial charge in [-0.25, -0.2) is 19.4 Å². The number of anilines is 2. The highest BCUT2D eigenvalue weighted by atomic mass is 16.5. The second-order valence-corrected chi connectivity index (χ2v) is 20.4. The maximum Gasteiger partial charge on any atom is 0.319 e. The van der Waals surface area contributed by atoms with Crippen LogP contribution in [0.3, 0.4) is 0 Å². The molecule has 3 N–H and O–H groups in total. The van der Waals surface area contributed by atoms with Crippen LogP contribution in [0.15, 0.2) is 79.1 Å². The Bertz CT molecular complexity index is 2790. The number of nitrogen functional groups attached to an aromatic ring is 1. The minimum atomic E-state index is -0.963. The van der Waals surface area contributed by atoms with Crippen molar-refractivity contribution in [2.45, 2.75) is 102 Å². The molecule has 6 aliphatic rings. The molecule has 2 aromatic heterocycles. The van der Waals surface area contributed by atoms with Crippen molar-refractivity contribution < 1.29 is 28.7 Å². The van der Waals surface area contributed by atoms with E-state index >= 15 is 0 Å². The first-order valence-corrected chi connectivity index (χ1v) is 25.9. The maximum atomic E-state index is 13.7. The highest BCUT2D eigenvalue weighted by Crippen LogP contribution is 2.38. The van der Waals surface area contributed by atoms with Crippen LogP contribution in [-0.2, 0) is 9.59 Å². The summed E-state index contributed by atoms with van der Waals surface area (Å²) in [4.78, 5) is 83.6. The Morgan fingerprint density at radius 1 is 0.676 bits per heavy atom. The molecule has 5 saturated heterocycles. The lowest BCUT2D eigenvalue weighted by molar-refractivity contribution is -0.136. The fraction of sp³-hybridized carbons (Fsp3) is 0.481. The van der Waals surface area contributed by atoms with E-state index in [2.05, 4.69) is 39.6 Å². The van der Waals surface area contributed by atoms with Gasteiger partial charge in [-0.05, 0) is 124 Å². The number of nitrogens with two attached hydrogens (primary N) is 1. The molecule has 0 spiro atoms. The summed E-state index contributed by atoms with van der Waals surface area (Å²) in [6.45, 7) is 6.99. The molecule has 71 heavy (non-hydrogen) atoms. The number of hydrogen-bond acceptors (Lipinski definition) is 12. The lowest BCUT2D eigenvalue weighted by atomic mass is 9.86. The number of para-hydroxylation sites is 1. The number of nitrogens with zero attached hydrogens (tertiary/aromatic N) is 9. The van der Waals surface area contributed by atoms with Gasteiger partial charge in [0, 0.05) is 76.1 Å². The molecule has 5 aromatic rings. The number of ether oxygens (including phenoxy) is 1. The Labute approximate surface area is 413 Å². The highest BCUT2D eigenvalue weighted by molar-refractivity contribution is 6.23. The second kappa shape index (κ2) is 20.1. The molecular weight excluding hydrogens is 899 g/mol. The summed E-state index contributed by atoms with van der Waals surface area (Å²) in [6, 6.07) is 23.0. The number of piperidine rings is 5. The molecule has 370 valence electrons. The number of benzene rings is 3. The topological polar surface area (TPSA) is 192 Å². The van der Waals surface area contributed by atoms with E-state index in [1.807, 2.05) is 60.7 Å². The summed E-state index contributed by atoms with van der Waals surface area (Å²) in [5.74, 6) is 1.33. The molecule has 8 heterocycles. The van der Waals surface area contributed by atoms with Gasteiger partial charge >= 0.3 is 6.03 Å². The third-order valence-corrected chi connectivity index (χ3v) is 16.2. The number of carbonyl (C=O) groups is 5. The van der Waals surface area contributed by atoms with E-state index in [1.165, 1.54) is 25.6 Å². The number of amides is 6. The van der Waals surface area contributed by atoms with Crippen LogP contribution < -0.4 is 20.7 Å². The molecule has 0 radical (unpaired) electrons. The maximum absolute atomic E-state index is 13.7. The highest BCUT2D eigenvalue weighted by Gasteiger charge is 2.45. The van der Waals surface area contributed by atoms with Crippen molar-refractivity contribution in [3.8, 4) is 22.8 Å². The van der Waals surface area contributed by atoms with Crippen LogP contribution in [0.4, 0.5) is 16.3 Å². The Morgan fingerprint density at radius 3 is 2.00 bits per heavy atom. The van der Waals surface area contributed by atoms with Gasteiger partial charge in [-0.2, -0.15) is 5.10 Å². The summed E-state index contributed by atoms with van der Waals surface area (Å²) in [5.41, 5.74) is 10.5. The van der Waals surface area contributed by atoms with Crippen LogP contribution in [-0.4, -0.2) is 133 Å². The molecule has 0 bridgehead atoms. The number of urea groups is 1. The zero-order valence-corrected chi connectivity index (χ0v) is 40.3. The van der Waals surface area contributed by atoms with E-state index in [-0.39, 0.29) is 30.8 Å². The molecule has 0 saturated carbocycles. The number of nitrogens with one attached hydrogen (secondary N) is 1. The molecule has 0 aliphatic carbocycles. The van der Waals surface area contributed by atoms with Crippen LogP contribution in [0.1, 0.15) is 110 Å². The molecule has 1 atom stereocenters. The molecular formula is C54H63N11O6. The SMILES string of the molecule is Nc1ncnc2c1c(-c1ccc(Oc3ccccc3)cc1)nn2C1CCN(C2CCN(C(=O)N3CCC(CCCC4CCN(c5ccc6c(c5)C(=O)N(C5CCC(=O)NC5=O)C6=O)CC4)CC3)CC2)CC1. The van der Waals surface area contributed by atoms with Crippen molar-refractivity contribution in [3.05, 3.63) is 90.3 Å². The zero-order chi connectivity index (χ0) is 48.6. The van der Waals surface area contributed by atoms with Crippen molar-refractivity contribution in [1.29, 1.82) is 0 Å². The molecule has 3 aromatic carbocycles. The van der Waals surface area contributed by atoms with Gasteiger partial charge in [0.25, 0.3) is 11.8 Å². The summed E-state index contributed by atoms with van der Waals surface area (Å²) in [7, 11) is 0. The van der Waals surface area contributed by atoms with Crippen molar-refractivity contribution in [1.82, 2.24) is 44.7 Å². The average molecular weight is 962 g/mol. The third kappa shape index (κ3) is 9.55. The lowest BCUT2D eigenvalue weighted by Gasteiger charge is -2.43. The molecule has 17 heteroatoms. The molecule has 1 unspecified atom stereocenters. The summed E-state index contributed by atoms with van der Waals surface area (Å²) < 4.78 is 8.10. The van der Waals surface area contributed by atoms with E-state index in [0.29, 0.717) is 34.8 Å². The second-order valence-electron chi connectivity index (χ2n) is 20.4. The number of imide groups is 2. The molecule has 17 nitrogen and oxygen atoms in total. The van der Waals surface area contributed by atoms with Crippen molar-refractivity contribution >= 4 is 52.2 Å². The molecule has 6 amide bonds. The minimum Gasteiger partial charge on any atom is -0.457 e.